The number of fused-ring (bicyclic) bond motifs is 1. The van der Waals surface area contributed by atoms with E-state index in [0.29, 0.717) is 0 Å². The number of thiophene rings is 1. The topological polar surface area (TPSA) is 26.0 Å². The Hall–Kier alpha value is -0.860. The lowest BCUT2D eigenvalue weighted by Crippen LogP contribution is -2.03. The third-order valence-corrected chi connectivity index (χ3v) is 3.47. The maximum atomic E-state index is 5.88. The summed E-state index contributed by atoms with van der Waals surface area (Å²) in [6.45, 7) is 4.17. The van der Waals surface area contributed by atoms with Gasteiger partial charge in [0.2, 0.25) is 0 Å². The molecular weight excluding hydrogens is 178 g/mol. The van der Waals surface area contributed by atoms with E-state index in [1.165, 1.54) is 21.2 Å². The van der Waals surface area contributed by atoms with Crippen LogP contribution in [0.5, 0.6) is 0 Å². The summed E-state index contributed by atoms with van der Waals surface area (Å²) in [6, 6.07) is 6.52. The van der Waals surface area contributed by atoms with Crippen LogP contribution in [0.2, 0.25) is 0 Å². The van der Waals surface area contributed by atoms with Crippen molar-refractivity contribution in [2.24, 2.45) is 5.73 Å². The minimum Gasteiger partial charge on any atom is -0.324 e. The molecule has 0 bridgehead atoms. The summed E-state index contributed by atoms with van der Waals surface area (Å²) in [7, 11) is 0. The van der Waals surface area contributed by atoms with Crippen LogP contribution in [0.25, 0.3) is 10.1 Å². The molecule has 2 rings (SSSR count). The molecule has 0 spiro atoms. The van der Waals surface area contributed by atoms with Gasteiger partial charge in [-0.05, 0) is 35.7 Å². The standard InChI is InChI=1S/C11H13NS/c1-7-4-3-5-9-10(8(2)12)6-13-11(7)9/h3-6,8H,12H2,1-2H3. The molecule has 1 atom stereocenters. The minimum atomic E-state index is 0.135. The fourth-order valence-electron chi connectivity index (χ4n) is 1.57. The van der Waals surface area contributed by atoms with E-state index in [1.807, 2.05) is 6.92 Å². The van der Waals surface area contributed by atoms with Crippen LogP contribution >= 0.6 is 11.3 Å². The van der Waals surface area contributed by atoms with E-state index >= 15 is 0 Å². The molecule has 68 valence electrons. The lowest BCUT2D eigenvalue weighted by Gasteiger charge is -2.02. The van der Waals surface area contributed by atoms with E-state index in [0.717, 1.165) is 0 Å². The van der Waals surface area contributed by atoms with Crippen molar-refractivity contribution in [2.45, 2.75) is 19.9 Å². The van der Waals surface area contributed by atoms with Crippen LogP contribution in [-0.2, 0) is 0 Å². The second-order valence-electron chi connectivity index (χ2n) is 3.43. The first-order chi connectivity index (χ1) is 6.20. The SMILES string of the molecule is Cc1cccc2c(C(C)N)csc12. The molecule has 0 amide bonds. The zero-order chi connectivity index (χ0) is 9.42. The Morgan fingerprint density at radius 1 is 1.38 bits per heavy atom. The normalized spacial score (nSPS) is 13.5. The number of nitrogens with two attached hydrogens (primary N) is 1. The predicted molar refractivity (Wildman–Crippen MR) is 59.2 cm³/mol. The first-order valence-corrected chi connectivity index (χ1v) is 5.30. The van der Waals surface area contributed by atoms with Gasteiger partial charge in [-0.25, -0.2) is 0 Å². The first kappa shape index (κ1) is 8.73. The van der Waals surface area contributed by atoms with Crippen LogP contribution in [0, 0.1) is 6.92 Å². The van der Waals surface area contributed by atoms with Crippen LogP contribution in [0.4, 0.5) is 0 Å². The van der Waals surface area contributed by atoms with Crippen molar-refractivity contribution in [1.29, 1.82) is 0 Å². The maximum Gasteiger partial charge on any atom is 0.0375 e. The molecule has 2 aromatic rings. The van der Waals surface area contributed by atoms with Crippen LogP contribution in [0.1, 0.15) is 24.1 Å². The Bertz CT molecular complexity index is 429. The average molecular weight is 191 g/mol. The third-order valence-electron chi connectivity index (χ3n) is 2.32. The van der Waals surface area contributed by atoms with Gasteiger partial charge < -0.3 is 5.73 Å². The molecular formula is C11H13NS. The van der Waals surface area contributed by atoms with Crippen molar-refractivity contribution in [3.05, 3.63) is 34.7 Å². The summed E-state index contributed by atoms with van der Waals surface area (Å²) >= 11 is 1.79. The maximum absolute atomic E-state index is 5.88. The zero-order valence-electron chi connectivity index (χ0n) is 7.87. The van der Waals surface area contributed by atoms with Crippen LogP contribution < -0.4 is 5.73 Å². The van der Waals surface area contributed by atoms with E-state index < -0.39 is 0 Å². The van der Waals surface area contributed by atoms with Crippen molar-refractivity contribution in [1.82, 2.24) is 0 Å². The third kappa shape index (κ3) is 1.36. The van der Waals surface area contributed by atoms with Gasteiger partial charge in [-0.1, -0.05) is 18.2 Å². The van der Waals surface area contributed by atoms with Crippen molar-refractivity contribution in [3.8, 4) is 0 Å². The molecule has 2 N–H and O–H groups in total. The number of rotatable bonds is 1. The van der Waals surface area contributed by atoms with Gasteiger partial charge in [0.1, 0.15) is 0 Å². The highest BCUT2D eigenvalue weighted by Gasteiger charge is 2.08. The van der Waals surface area contributed by atoms with Crippen LogP contribution in [0.15, 0.2) is 23.6 Å². The Morgan fingerprint density at radius 3 is 2.85 bits per heavy atom. The van der Waals surface area contributed by atoms with Crippen LogP contribution in [-0.4, -0.2) is 0 Å². The molecule has 2 heteroatoms. The molecule has 0 saturated carbocycles. The molecule has 1 nitrogen and oxygen atoms in total. The second kappa shape index (κ2) is 3.13. The van der Waals surface area contributed by atoms with E-state index in [-0.39, 0.29) is 6.04 Å². The van der Waals surface area contributed by atoms with Gasteiger partial charge in [-0.3, -0.25) is 0 Å². The number of hydrogen-bond donors (Lipinski definition) is 1. The van der Waals surface area contributed by atoms with Crippen molar-refractivity contribution >= 4 is 21.4 Å². The number of hydrogen-bond acceptors (Lipinski definition) is 2. The highest BCUT2D eigenvalue weighted by molar-refractivity contribution is 7.17. The van der Waals surface area contributed by atoms with Gasteiger partial charge in [0.05, 0.1) is 0 Å². The lowest BCUT2D eigenvalue weighted by molar-refractivity contribution is 0.830. The summed E-state index contributed by atoms with van der Waals surface area (Å²) < 4.78 is 1.37. The Balaban J connectivity index is 2.75. The van der Waals surface area contributed by atoms with Gasteiger partial charge in [0, 0.05) is 10.7 Å². The molecule has 0 radical (unpaired) electrons. The molecule has 0 aliphatic rings. The summed E-state index contributed by atoms with van der Waals surface area (Å²) in [4.78, 5) is 0. The highest BCUT2D eigenvalue weighted by atomic mass is 32.1. The quantitative estimate of drug-likeness (QED) is 0.735. The Kier molecular flexibility index (Phi) is 2.10. The number of benzene rings is 1. The van der Waals surface area contributed by atoms with Gasteiger partial charge >= 0.3 is 0 Å². The molecule has 1 unspecified atom stereocenters. The highest BCUT2D eigenvalue weighted by Crippen LogP contribution is 2.31. The van der Waals surface area contributed by atoms with Crippen molar-refractivity contribution < 1.29 is 0 Å². The zero-order valence-corrected chi connectivity index (χ0v) is 8.69. The van der Waals surface area contributed by atoms with E-state index in [4.69, 9.17) is 5.73 Å². The fraction of sp³-hybridized carbons (Fsp3) is 0.273. The molecule has 1 aromatic heterocycles. The summed E-state index contributed by atoms with van der Waals surface area (Å²) in [5, 5.41) is 3.49. The van der Waals surface area contributed by atoms with Gasteiger partial charge in [-0.15, -0.1) is 11.3 Å². The molecule has 13 heavy (non-hydrogen) atoms. The van der Waals surface area contributed by atoms with Crippen molar-refractivity contribution in [2.75, 3.05) is 0 Å². The summed E-state index contributed by atoms with van der Waals surface area (Å²) in [5.41, 5.74) is 8.49. The van der Waals surface area contributed by atoms with Gasteiger partial charge in [-0.2, -0.15) is 0 Å². The van der Waals surface area contributed by atoms with E-state index in [9.17, 15) is 0 Å². The van der Waals surface area contributed by atoms with E-state index in [2.05, 4.69) is 30.5 Å². The largest absolute Gasteiger partial charge is 0.324 e. The van der Waals surface area contributed by atoms with Gasteiger partial charge in [0.25, 0.3) is 0 Å². The molecule has 1 aromatic carbocycles. The molecule has 0 aliphatic heterocycles. The molecule has 0 aliphatic carbocycles. The minimum absolute atomic E-state index is 0.135. The molecule has 0 saturated heterocycles. The monoisotopic (exact) mass is 191 g/mol. The molecule has 0 fully saturated rings. The van der Waals surface area contributed by atoms with Gasteiger partial charge in [0.15, 0.2) is 0 Å². The molecule has 1 heterocycles. The van der Waals surface area contributed by atoms with Crippen molar-refractivity contribution in [3.63, 3.8) is 0 Å². The number of aryl methyl sites for hydroxylation is 1. The summed E-state index contributed by atoms with van der Waals surface area (Å²) in [6.07, 6.45) is 0. The first-order valence-electron chi connectivity index (χ1n) is 4.42. The lowest BCUT2D eigenvalue weighted by atomic mass is 10.1. The van der Waals surface area contributed by atoms with Crippen LogP contribution in [0.3, 0.4) is 0 Å². The summed E-state index contributed by atoms with van der Waals surface area (Å²) in [5.74, 6) is 0. The fourth-order valence-corrected chi connectivity index (χ4v) is 2.73. The second-order valence-corrected chi connectivity index (χ2v) is 4.31. The smallest absolute Gasteiger partial charge is 0.0375 e. The predicted octanol–water partition coefficient (Wildman–Crippen LogP) is 3.23. The Morgan fingerprint density at radius 2 is 2.15 bits per heavy atom. The van der Waals surface area contributed by atoms with E-state index in [1.54, 1.807) is 11.3 Å². The Labute approximate surface area is 82.2 Å². The average Bonchev–Trinajstić information content (AvgIpc) is 2.48.